The number of methoxy groups -OCH3 is 1. The van der Waals surface area contributed by atoms with Crippen molar-refractivity contribution in [2.45, 2.75) is 19.3 Å². The van der Waals surface area contributed by atoms with E-state index in [4.69, 9.17) is 9.57 Å². The lowest BCUT2D eigenvalue weighted by atomic mass is 9.97. The van der Waals surface area contributed by atoms with Crippen LogP contribution >= 0.6 is 0 Å². The molecule has 1 atom stereocenters. The summed E-state index contributed by atoms with van der Waals surface area (Å²) in [6.07, 6.45) is 3.07. The molecule has 0 bridgehead atoms. The number of hydrogen-bond acceptors (Lipinski definition) is 5. The van der Waals surface area contributed by atoms with Gasteiger partial charge in [0, 0.05) is 25.8 Å². The second-order valence-corrected chi connectivity index (χ2v) is 7.67. The number of nitrogens with zero attached hydrogens (tertiary/aromatic N) is 2. The van der Waals surface area contributed by atoms with E-state index in [1.54, 1.807) is 24.3 Å². The monoisotopic (exact) mass is 410 g/mol. The summed E-state index contributed by atoms with van der Waals surface area (Å²) in [5, 5.41) is 1.21. The van der Waals surface area contributed by atoms with Gasteiger partial charge >= 0.3 is 5.97 Å². The van der Waals surface area contributed by atoms with Crippen LogP contribution in [0.2, 0.25) is 0 Å². The predicted octanol–water partition coefficient (Wildman–Crippen LogP) is 3.19. The molecule has 0 aliphatic carbocycles. The second-order valence-electron chi connectivity index (χ2n) is 7.67. The molecule has 1 saturated heterocycles. The Bertz CT molecular complexity index is 797. The Morgan fingerprint density at radius 3 is 2.47 bits per heavy atom. The number of carbonyl (C=O) groups is 2. The van der Waals surface area contributed by atoms with Crippen molar-refractivity contribution in [3.05, 3.63) is 71.8 Å². The molecule has 1 aliphatic heterocycles. The van der Waals surface area contributed by atoms with Crippen molar-refractivity contribution in [2.24, 2.45) is 5.92 Å². The van der Waals surface area contributed by atoms with Crippen LogP contribution < -0.4 is 0 Å². The largest absolute Gasteiger partial charge is 0.373 e. The first-order valence-corrected chi connectivity index (χ1v) is 10.5. The van der Waals surface area contributed by atoms with Crippen LogP contribution in [0.15, 0.2) is 60.7 Å². The van der Waals surface area contributed by atoms with Gasteiger partial charge in [0.15, 0.2) is 0 Å². The van der Waals surface area contributed by atoms with Crippen molar-refractivity contribution in [3.8, 4) is 0 Å². The van der Waals surface area contributed by atoms with Gasteiger partial charge in [-0.05, 0) is 49.4 Å². The number of benzene rings is 2. The van der Waals surface area contributed by atoms with Gasteiger partial charge in [0.1, 0.15) is 6.61 Å². The second kappa shape index (κ2) is 11.5. The molecule has 1 fully saturated rings. The Morgan fingerprint density at radius 2 is 1.77 bits per heavy atom. The zero-order chi connectivity index (χ0) is 21.2. The summed E-state index contributed by atoms with van der Waals surface area (Å²) in [5.41, 5.74) is 1.83. The maximum absolute atomic E-state index is 12.9. The van der Waals surface area contributed by atoms with Gasteiger partial charge in [-0.25, -0.2) is 4.79 Å². The van der Waals surface area contributed by atoms with Crippen LogP contribution in [0.25, 0.3) is 0 Å². The highest BCUT2D eigenvalue weighted by atomic mass is 16.7. The molecule has 0 aromatic heterocycles. The lowest BCUT2D eigenvalue weighted by Crippen LogP contribution is -2.44. The average molecular weight is 411 g/mol. The van der Waals surface area contributed by atoms with Crippen molar-refractivity contribution < 1.29 is 19.2 Å². The summed E-state index contributed by atoms with van der Waals surface area (Å²) in [6, 6.07) is 19.4. The minimum absolute atomic E-state index is 0.188. The van der Waals surface area contributed by atoms with Gasteiger partial charge in [0.25, 0.3) is 5.91 Å². The van der Waals surface area contributed by atoms with Gasteiger partial charge in [0.2, 0.25) is 0 Å². The van der Waals surface area contributed by atoms with Crippen LogP contribution in [0.3, 0.4) is 0 Å². The molecule has 3 rings (SSSR count). The lowest BCUT2D eigenvalue weighted by Gasteiger charge is -2.35. The predicted molar refractivity (Wildman–Crippen MR) is 115 cm³/mol. The van der Waals surface area contributed by atoms with Crippen molar-refractivity contribution in [1.82, 2.24) is 9.96 Å². The molecule has 0 N–H and O–H groups in total. The van der Waals surface area contributed by atoms with Gasteiger partial charge in [0.05, 0.1) is 6.54 Å². The minimum atomic E-state index is -0.571. The number of likely N-dealkylation sites (tertiary alicyclic amines) is 1. The Kier molecular flexibility index (Phi) is 8.41. The standard InChI is InChI=1S/C24H30N2O4/c1-29-19-23(27)30-26(24(28)22-12-6-3-7-13-22)18-21-11-8-15-25(17-21)16-14-20-9-4-2-5-10-20/h2-7,9-10,12-13,21H,8,11,14-19H2,1H3. The fourth-order valence-corrected chi connectivity index (χ4v) is 3.82. The third kappa shape index (κ3) is 6.68. The van der Waals surface area contributed by atoms with Crippen LogP contribution in [0.1, 0.15) is 28.8 Å². The fraction of sp³-hybridized carbons (Fsp3) is 0.417. The molecule has 2 aromatic carbocycles. The first-order valence-electron chi connectivity index (χ1n) is 10.5. The van der Waals surface area contributed by atoms with Crippen molar-refractivity contribution in [3.63, 3.8) is 0 Å². The highest BCUT2D eigenvalue weighted by Crippen LogP contribution is 2.20. The molecule has 160 valence electrons. The number of rotatable bonds is 8. The molecule has 30 heavy (non-hydrogen) atoms. The van der Waals surface area contributed by atoms with Crippen LogP contribution in [0.5, 0.6) is 0 Å². The van der Waals surface area contributed by atoms with Crippen molar-refractivity contribution in [1.29, 1.82) is 0 Å². The Morgan fingerprint density at radius 1 is 1.07 bits per heavy atom. The number of amides is 1. The molecule has 6 heteroatoms. The van der Waals surface area contributed by atoms with Gasteiger partial charge in [-0.2, -0.15) is 5.06 Å². The Hall–Kier alpha value is -2.70. The average Bonchev–Trinajstić information content (AvgIpc) is 2.78. The molecule has 1 unspecified atom stereocenters. The highest BCUT2D eigenvalue weighted by molar-refractivity contribution is 5.94. The summed E-state index contributed by atoms with van der Waals surface area (Å²) in [7, 11) is 1.43. The zero-order valence-corrected chi connectivity index (χ0v) is 17.5. The molecule has 0 saturated carbocycles. The smallest absolute Gasteiger partial charge is 0.357 e. The quantitative estimate of drug-likeness (QED) is 0.626. The molecular weight excluding hydrogens is 380 g/mol. The third-order valence-corrected chi connectivity index (χ3v) is 5.31. The number of ether oxygens (including phenoxy) is 1. The number of carbonyl (C=O) groups excluding carboxylic acids is 2. The normalized spacial score (nSPS) is 16.8. The molecule has 1 heterocycles. The molecule has 0 spiro atoms. The first-order chi connectivity index (χ1) is 14.7. The topological polar surface area (TPSA) is 59.1 Å². The number of hydroxylamine groups is 2. The maximum Gasteiger partial charge on any atom is 0.357 e. The summed E-state index contributed by atoms with van der Waals surface area (Å²) in [5.74, 6) is -0.627. The summed E-state index contributed by atoms with van der Waals surface area (Å²) >= 11 is 0. The van der Waals surface area contributed by atoms with Crippen molar-refractivity contribution >= 4 is 11.9 Å². The van der Waals surface area contributed by atoms with E-state index in [2.05, 4.69) is 29.2 Å². The van der Waals surface area contributed by atoms with E-state index in [1.807, 2.05) is 12.1 Å². The molecule has 6 nitrogen and oxygen atoms in total. The van der Waals surface area contributed by atoms with Gasteiger partial charge < -0.3 is 14.5 Å². The van der Waals surface area contributed by atoms with E-state index in [0.717, 1.165) is 38.9 Å². The van der Waals surface area contributed by atoms with Crippen LogP contribution in [0, 0.1) is 5.92 Å². The van der Waals surface area contributed by atoms with E-state index < -0.39 is 5.97 Å². The zero-order valence-electron chi connectivity index (χ0n) is 17.5. The summed E-state index contributed by atoms with van der Waals surface area (Å²) in [6.45, 7) is 3.11. The molecule has 2 aromatic rings. The van der Waals surface area contributed by atoms with E-state index in [0.29, 0.717) is 12.1 Å². The number of piperidine rings is 1. The fourth-order valence-electron chi connectivity index (χ4n) is 3.82. The third-order valence-electron chi connectivity index (χ3n) is 5.31. The van der Waals surface area contributed by atoms with Gasteiger partial charge in [-0.3, -0.25) is 4.79 Å². The van der Waals surface area contributed by atoms with Gasteiger partial charge in [-0.1, -0.05) is 48.5 Å². The van der Waals surface area contributed by atoms with Crippen LogP contribution in [-0.4, -0.2) is 61.7 Å². The van der Waals surface area contributed by atoms with E-state index in [9.17, 15) is 9.59 Å². The van der Waals surface area contributed by atoms with E-state index in [-0.39, 0.29) is 18.4 Å². The van der Waals surface area contributed by atoms with Gasteiger partial charge in [-0.15, -0.1) is 0 Å². The SMILES string of the molecule is COCC(=O)ON(CC1CCCN(CCc2ccccc2)C1)C(=O)c1ccccc1. The molecular formula is C24H30N2O4. The summed E-state index contributed by atoms with van der Waals surface area (Å²) in [4.78, 5) is 32.8. The highest BCUT2D eigenvalue weighted by Gasteiger charge is 2.27. The first kappa shape index (κ1) is 22.0. The maximum atomic E-state index is 12.9. The van der Waals surface area contributed by atoms with Crippen LogP contribution in [-0.2, 0) is 20.8 Å². The molecule has 1 amide bonds. The van der Waals surface area contributed by atoms with Crippen LogP contribution in [0.4, 0.5) is 0 Å². The molecule has 0 radical (unpaired) electrons. The Balaban J connectivity index is 1.60. The van der Waals surface area contributed by atoms with Crippen molar-refractivity contribution in [2.75, 3.05) is 39.9 Å². The van der Waals surface area contributed by atoms with E-state index >= 15 is 0 Å². The van der Waals surface area contributed by atoms with E-state index in [1.165, 1.54) is 17.7 Å². The number of hydrogen-bond donors (Lipinski definition) is 0. The Labute approximate surface area is 178 Å². The summed E-state index contributed by atoms with van der Waals surface area (Å²) < 4.78 is 4.85. The lowest BCUT2D eigenvalue weighted by molar-refractivity contribution is -0.184. The molecule has 1 aliphatic rings. The minimum Gasteiger partial charge on any atom is -0.373 e.